The number of aryl methyl sites for hydroxylation is 1. The first-order valence-electron chi connectivity index (χ1n) is 6.81. The molecule has 3 N–H and O–H groups in total. The van der Waals surface area contributed by atoms with Crippen molar-refractivity contribution in [1.29, 1.82) is 0 Å². The van der Waals surface area contributed by atoms with Crippen LogP contribution in [0.4, 0.5) is 4.39 Å². The van der Waals surface area contributed by atoms with Crippen molar-refractivity contribution in [1.82, 2.24) is 5.43 Å². The first-order chi connectivity index (χ1) is 10.2. The summed E-state index contributed by atoms with van der Waals surface area (Å²) in [4.78, 5) is 0. The van der Waals surface area contributed by atoms with E-state index in [1.807, 2.05) is 18.2 Å². The minimum Gasteiger partial charge on any atom is -0.486 e. The zero-order valence-corrected chi connectivity index (χ0v) is 11.7. The Bertz CT molecular complexity index is 661. The average Bonchev–Trinajstić information content (AvgIpc) is 2.52. The van der Waals surface area contributed by atoms with Crippen LogP contribution in [0.5, 0.6) is 11.5 Å². The van der Waals surface area contributed by atoms with Gasteiger partial charge in [-0.15, -0.1) is 0 Å². The molecule has 0 saturated heterocycles. The van der Waals surface area contributed by atoms with Crippen molar-refractivity contribution in [2.75, 3.05) is 13.2 Å². The molecule has 0 aliphatic carbocycles. The largest absolute Gasteiger partial charge is 0.486 e. The van der Waals surface area contributed by atoms with Gasteiger partial charge in [0.1, 0.15) is 19.0 Å². The highest BCUT2D eigenvalue weighted by Gasteiger charge is 2.23. The van der Waals surface area contributed by atoms with Gasteiger partial charge in [0.15, 0.2) is 11.5 Å². The molecule has 0 spiro atoms. The van der Waals surface area contributed by atoms with Crippen LogP contribution in [-0.4, -0.2) is 13.2 Å². The summed E-state index contributed by atoms with van der Waals surface area (Å²) in [5.74, 6) is 6.88. The minimum absolute atomic E-state index is 0.232. The van der Waals surface area contributed by atoms with E-state index in [4.69, 9.17) is 15.3 Å². The predicted molar refractivity (Wildman–Crippen MR) is 77.7 cm³/mol. The van der Waals surface area contributed by atoms with Gasteiger partial charge in [-0.2, -0.15) is 0 Å². The first kappa shape index (κ1) is 13.9. The molecule has 0 fully saturated rings. The van der Waals surface area contributed by atoms with E-state index >= 15 is 0 Å². The Morgan fingerprint density at radius 1 is 1.19 bits per heavy atom. The molecule has 0 bridgehead atoms. The number of rotatable bonds is 3. The highest BCUT2D eigenvalue weighted by molar-refractivity contribution is 5.51. The van der Waals surface area contributed by atoms with Gasteiger partial charge in [-0.25, -0.2) is 9.82 Å². The molecule has 0 saturated carbocycles. The van der Waals surface area contributed by atoms with E-state index in [0.717, 1.165) is 11.1 Å². The molecule has 1 atom stereocenters. The maximum absolute atomic E-state index is 13.4. The SMILES string of the molecule is Cc1cc(C(NN)c2cccc3c2OCCO3)ccc1F. The van der Waals surface area contributed by atoms with Crippen LogP contribution in [0.3, 0.4) is 0 Å². The second-order valence-electron chi connectivity index (χ2n) is 4.98. The number of nitrogens with two attached hydrogens (primary N) is 1. The van der Waals surface area contributed by atoms with Gasteiger partial charge in [0.05, 0.1) is 6.04 Å². The van der Waals surface area contributed by atoms with E-state index in [1.54, 1.807) is 19.1 Å². The number of fused-ring (bicyclic) bond motifs is 1. The molecule has 21 heavy (non-hydrogen) atoms. The summed E-state index contributed by atoms with van der Waals surface area (Å²) >= 11 is 0. The molecule has 3 rings (SSSR count). The Morgan fingerprint density at radius 2 is 2.00 bits per heavy atom. The van der Waals surface area contributed by atoms with Gasteiger partial charge in [0.25, 0.3) is 0 Å². The van der Waals surface area contributed by atoms with Crippen molar-refractivity contribution >= 4 is 0 Å². The zero-order chi connectivity index (χ0) is 14.8. The smallest absolute Gasteiger partial charge is 0.166 e. The van der Waals surface area contributed by atoms with Crippen LogP contribution in [0.25, 0.3) is 0 Å². The Kier molecular flexibility index (Phi) is 3.77. The number of hydrazine groups is 1. The van der Waals surface area contributed by atoms with E-state index in [1.165, 1.54) is 6.07 Å². The van der Waals surface area contributed by atoms with Gasteiger partial charge in [-0.05, 0) is 30.2 Å². The molecule has 1 unspecified atom stereocenters. The normalized spacial score (nSPS) is 14.8. The van der Waals surface area contributed by atoms with Crippen molar-refractivity contribution in [2.45, 2.75) is 13.0 Å². The van der Waals surface area contributed by atoms with Crippen molar-refractivity contribution in [3.05, 3.63) is 58.9 Å². The van der Waals surface area contributed by atoms with E-state index in [2.05, 4.69) is 5.43 Å². The molecule has 0 aromatic heterocycles. The van der Waals surface area contributed by atoms with Gasteiger partial charge < -0.3 is 9.47 Å². The fourth-order valence-corrected chi connectivity index (χ4v) is 2.54. The number of benzene rings is 2. The van der Waals surface area contributed by atoms with Crippen LogP contribution in [0.1, 0.15) is 22.7 Å². The van der Waals surface area contributed by atoms with Crippen LogP contribution >= 0.6 is 0 Å². The van der Waals surface area contributed by atoms with Crippen LogP contribution in [0.15, 0.2) is 36.4 Å². The molecule has 1 heterocycles. The minimum atomic E-state index is -0.291. The number of ether oxygens (including phenoxy) is 2. The third-order valence-electron chi connectivity index (χ3n) is 3.59. The van der Waals surface area contributed by atoms with Crippen LogP contribution in [-0.2, 0) is 0 Å². The van der Waals surface area contributed by atoms with Gasteiger partial charge in [-0.1, -0.05) is 24.3 Å². The highest BCUT2D eigenvalue weighted by atomic mass is 19.1. The fourth-order valence-electron chi connectivity index (χ4n) is 2.54. The number of hydrogen-bond donors (Lipinski definition) is 2. The molecular weight excluding hydrogens is 271 g/mol. The summed E-state index contributed by atoms with van der Waals surface area (Å²) in [6.07, 6.45) is 0. The van der Waals surface area contributed by atoms with Gasteiger partial charge in [0.2, 0.25) is 0 Å². The molecule has 2 aromatic carbocycles. The molecule has 0 amide bonds. The van der Waals surface area contributed by atoms with Crippen molar-refractivity contribution < 1.29 is 13.9 Å². The average molecular weight is 288 g/mol. The third-order valence-corrected chi connectivity index (χ3v) is 3.59. The molecule has 0 radical (unpaired) electrons. The van der Waals surface area contributed by atoms with Crippen LogP contribution in [0, 0.1) is 12.7 Å². The molecule has 2 aromatic rings. The van der Waals surface area contributed by atoms with Crippen molar-refractivity contribution in [3.8, 4) is 11.5 Å². The molecule has 1 aliphatic heterocycles. The van der Waals surface area contributed by atoms with Crippen molar-refractivity contribution in [3.63, 3.8) is 0 Å². The quantitative estimate of drug-likeness (QED) is 0.673. The zero-order valence-electron chi connectivity index (χ0n) is 11.7. The number of halogens is 1. The topological polar surface area (TPSA) is 56.5 Å². The number of hydrogen-bond acceptors (Lipinski definition) is 4. The lowest BCUT2D eigenvalue weighted by atomic mass is 9.96. The van der Waals surface area contributed by atoms with Gasteiger partial charge in [-0.3, -0.25) is 5.84 Å². The standard InChI is InChI=1S/C16H17FN2O2/c1-10-9-11(5-6-13(10)17)15(19-18)12-3-2-4-14-16(12)21-8-7-20-14/h2-6,9,15,19H,7-8,18H2,1H3. The lowest BCUT2D eigenvalue weighted by molar-refractivity contribution is 0.169. The van der Waals surface area contributed by atoms with Gasteiger partial charge >= 0.3 is 0 Å². The van der Waals surface area contributed by atoms with E-state index in [-0.39, 0.29) is 11.9 Å². The summed E-state index contributed by atoms with van der Waals surface area (Å²) in [6.45, 7) is 2.77. The lowest BCUT2D eigenvalue weighted by Crippen LogP contribution is -2.30. The fraction of sp³-hybridized carbons (Fsp3) is 0.250. The summed E-state index contributed by atoms with van der Waals surface area (Å²) in [6, 6.07) is 10.3. The maximum atomic E-state index is 13.4. The summed E-state index contributed by atoms with van der Waals surface area (Å²) in [5, 5.41) is 0. The monoisotopic (exact) mass is 288 g/mol. The lowest BCUT2D eigenvalue weighted by Gasteiger charge is -2.25. The van der Waals surface area contributed by atoms with Crippen LogP contribution < -0.4 is 20.7 Å². The second-order valence-corrected chi connectivity index (χ2v) is 4.98. The van der Waals surface area contributed by atoms with Crippen LogP contribution in [0.2, 0.25) is 0 Å². The summed E-state index contributed by atoms with van der Waals surface area (Å²) in [7, 11) is 0. The molecule has 5 heteroatoms. The second kappa shape index (κ2) is 5.71. The van der Waals surface area contributed by atoms with E-state index in [9.17, 15) is 4.39 Å². The van der Waals surface area contributed by atoms with E-state index in [0.29, 0.717) is 30.3 Å². The predicted octanol–water partition coefficient (Wildman–Crippen LogP) is 2.46. The molecular formula is C16H17FN2O2. The Morgan fingerprint density at radius 3 is 2.76 bits per heavy atom. The van der Waals surface area contributed by atoms with Gasteiger partial charge in [0, 0.05) is 5.56 Å². The molecule has 1 aliphatic rings. The number of para-hydroxylation sites is 1. The highest BCUT2D eigenvalue weighted by Crippen LogP contribution is 2.38. The Balaban J connectivity index is 2.06. The third kappa shape index (κ3) is 2.57. The molecule has 4 nitrogen and oxygen atoms in total. The summed E-state index contributed by atoms with van der Waals surface area (Å²) in [5.41, 5.74) is 5.10. The van der Waals surface area contributed by atoms with E-state index < -0.39 is 0 Å². The van der Waals surface area contributed by atoms with Crippen molar-refractivity contribution in [2.24, 2.45) is 5.84 Å². The first-order valence-corrected chi connectivity index (χ1v) is 6.81. The Hall–Kier alpha value is -2.11. The number of nitrogens with one attached hydrogen (secondary N) is 1. The Labute approximate surface area is 122 Å². The summed E-state index contributed by atoms with van der Waals surface area (Å²) < 4.78 is 24.7. The maximum Gasteiger partial charge on any atom is 0.166 e. The molecule has 110 valence electrons.